The molecule has 0 fully saturated rings. The van der Waals surface area contributed by atoms with E-state index in [4.69, 9.17) is 0 Å². The fraction of sp³-hybridized carbons (Fsp3) is 0.400. The molecule has 56 valence electrons. The summed E-state index contributed by atoms with van der Waals surface area (Å²) in [7, 11) is 0. The van der Waals surface area contributed by atoms with E-state index in [2.05, 4.69) is 33.4 Å². The summed E-state index contributed by atoms with van der Waals surface area (Å²) in [5, 5.41) is 0. The van der Waals surface area contributed by atoms with Crippen LogP contribution in [0.2, 0.25) is 0 Å². The minimum absolute atomic E-state index is 0.283. The Kier molecular flexibility index (Phi) is 3.78. The van der Waals surface area contributed by atoms with E-state index in [0.717, 1.165) is 0 Å². The first-order valence-corrected chi connectivity index (χ1v) is 3.53. The molecular formula is C10H16. The molecule has 0 N–H and O–H groups in total. The molecule has 0 aliphatic heterocycles. The van der Waals surface area contributed by atoms with E-state index in [1.165, 1.54) is 0 Å². The molecule has 0 aliphatic rings. The molecule has 0 aromatic carbocycles. The second-order valence-corrected chi connectivity index (χ2v) is 3.35. The molecule has 10 heavy (non-hydrogen) atoms. The van der Waals surface area contributed by atoms with Gasteiger partial charge in [-0.3, -0.25) is 0 Å². The molecule has 0 nitrogen and oxygen atoms in total. The van der Waals surface area contributed by atoms with Crippen LogP contribution in [-0.2, 0) is 0 Å². The van der Waals surface area contributed by atoms with Crippen LogP contribution in [-0.4, -0.2) is 0 Å². The smallest absolute Gasteiger partial charge is 0.0200 e. The lowest BCUT2D eigenvalue weighted by Gasteiger charge is -2.09. The highest BCUT2D eigenvalue weighted by Gasteiger charge is 2.01. The highest BCUT2D eigenvalue weighted by Crippen LogP contribution is 2.13. The molecule has 0 aromatic rings. The van der Waals surface area contributed by atoms with Gasteiger partial charge in [-0.05, 0) is 5.41 Å². The van der Waals surface area contributed by atoms with Gasteiger partial charge in [-0.2, -0.15) is 0 Å². The Morgan fingerprint density at radius 1 is 1.00 bits per heavy atom. The van der Waals surface area contributed by atoms with Gasteiger partial charge in [0.05, 0.1) is 0 Å². The van der Waals surface area contributed by atoms with Gasteiger partial charge in [0.15, 0.2) is 0 Å². The summed E-state index contributed by atoms with van der Waals surface area (Å²) in [4.78, 5) is 0. The summed E-state index contributed by atoms with van der Waals surface area (Å²) in [6, 6.07) is 0. The Bertz CT molecular complexity index is 142. The van der Waals surface area contributed by atoms with Crippen LogP contribution in [0.4, 0.5) is 0 Å². The zero-order valence-corrected chi connectivity index (χ0v) is 7.09. The fourth-order valence-corrected chi connectivity index (χ4v) is 0.487. The van der Waals surface area contributed by atoms with Gasteiger partial charge in [0.2, 0.25) is 0 Å². The van der Waals surface area contributed by atoms with Crippen LogP contribution in [0.3, 0.4) is 0 Å². The Hall–Kier alpha value is -0.780. The average Bonchev–Trinajstić information content (AvgIpc) is 1.78. The second-order valence-electron chi connectivity index (χ2n) is 3.35. The van der Waals surface area contributed by atoms with Crippen molar-refractivity contribution in [1.29, 1.82) is 0 Å². The third kappa shape index (κ3) is 7.22. The molecule has 0 unspecified atom stereocenters. The minimum Gasteiger partial charge on any atom is -0.0991 e. The number of rotatable bonds is 2. The van der Waals surface area contributed by atoms with Crippen molar-refractivity contribution in [3.8, 4) is 0 Å². The lowest BCUT2D eigenvalue weighted by Crippen LogP contribution is -1.97. The van der Waals surface area contributed by atoms with Gasteiger partial charge in [-0.25, -0.2) is 0 Å². The molecule has 0 rings (SSSR count). The third-order valence-corrected chi connectivity index (χ3v) is 0.955. The first-order valence-electron chi connectivity index (χ1n) is 3.53. The largest absolute Gasteiger partial charge is 0.0991 e. The quantitative estimate of drug-likeness (QED) is 0.511. The van der Waals surface area contributed by atoms with Gasteiger partial charge in [0.25, 0.3) is 0 Å². The van der Waals surface area contributed by atoms with Gasteiger partial charge in [0.1, 0.15) is 0 Å². The minimum atomic E-state index is 0.283. The van der Waals surface area contributed by atoms with Crippen LogP contribution in [0, 0.1) is 5.41 Å². The third-order valence-electron chi connectivity index (χ3n) is 0.955. The van der Waals surface area contributed by atoms with E-state index in [9.17, 15) is 0 Å². The Morgan fingerprint density at radius 2 is 1.60 bits per heavy atom. The van der Waals surface area contributed by atoms with E-state index < -0.39 is 0 Å². The summed E-state index contributed by atoms with van der Waals surface area (Å²) in [5.41, 5.74) is 0.283. The van der Waals surface area contributed by atoms with Crippen molar-refractivity contribution >= 4 is 0 Å². The molecule has 0 heterocycles. The molecule has 0 aromatic heterocycles. The van der Waals surface area contributed by atoms with Gasteiger partial charge >= 0.3 is 0 Å². The molecule has 0 atom stereocenters. The summed E-state index contributed by atoms with van der Waals surface area (Å²) in [6.07, 6.45) is 9.88. The maximum atomic E-state index is 3.57. The first-order chi connectivity index (χ1) is 4.56. The monoisotopic (exact) mass is 136 g/mol. The van der Waals surface area contributed by atoms with Crippen molar-refractivity contribution in [1.82, 2.24) is 0 Å². The standard InChI is InChI=1S/C10H16/c1-5-6-7-8-9-10(2,3)4/h5-9H,1H2,2-4H3. The molecule has 0 heteroatoms. The SMILES string of the molecule is C=CC=CC=CC(C)(C)C. The molecule has 0 spiro atoms. The van der Waals surface area contributed by atoms with Crippen molar-refractivity contribution in [3.63, 3.8) is 0 Å². The molecular weight excluding hydrogens is 120 g/mol. The van der Waals surface area contributed by atoms with Crippen LogP contribution >= 0.6 is 0 Å². The maximum Gasteiger partial charge on any atom is -0.0200 e. The zero-order valence-electron chi connectivity index (χ0n) is 7.09. The number of allylic oxidation sites excluding steroid dienone is 5. The molecule has 0 saturated carbocycles. The van der Waals surface area contributed by atoms with Crippen molar-refractivity contribution < 1.29 is 0 Å². The summed E-state index contributed by atoms with van der Waals surface area (Å²) < 4.78 is 0. The predicted octanol–water partition coefficient (Wildman–Crippen LogP) is 3.33. The molecule has 0 radical (unpaired) electrons. The van der Waals surface area contributed by atoms with E-state index in [0.29, 0.717) is 0 Å². The fourth-order valence-electron chi connectivity index (χ4n) is 0.487. The summed E-state index contributed by atoms with van der Waals surface area (Å²) >= 11 is 0. The van der Waals surface area contributed by atoms with Crippen molar-refractivity contribution in [2.45, 2.75) is 20.8 Å². The van der Waals surface area contributed by atoms with Crippen LogP contribution in [0.25, 0.3) is 0 Å². The van der Waals surface area contributed by atoms with Gasteiger partial charge in [-0.1, -0.05) is 57.7 Å². The summed E-state index contributed by atoms with van der Waals surface area (Å²) in [6.45, 7) is 10.1. The van der Waals surface area contributed by atoms with Crippen molar-refractivity contribution in [3.05, 3.63) is 37.0 Å². The van der Waals surface area contributed by atoms with Gasteiger partial charge in [-0.15, -0.1) is 0 Å². The summed E-state index contributed by atoms with van der Waals surface area (Å²) in [5.74, 6) is 0. The molecule has 0 bridgehead atoms. The van der Waals surface area contributed by atoms with Crippen molar-refractivity contribution in [2.75, 3.05) is 0 Å². The number of hydrogen-bond acceptors (Lipinski definition) is 0. The highest BCUT2D eigenvalue weighted by atomic mass is 14.1. The molecule has 0 amide bonds. The van der Waals surface area contributed by atoms with Crippen LogP contribution < -0.4 is 0 Å². The predicted molar refractivity (Wildman–Crippen MR) is 47.9 cm³/mol. The molecule has 0 saturated heterocycles. The topological polar surface area (TPSA) is 0 Å². The Labute approximate surface area is 64.0 Å². The maximum absolute atomic E-state index is 3.57. The average molecular weight is 136 g/mol. The van der Waals surface area contributed by atoms with Crippen LogP contribution in [0.1, 0.15) is 20.8 Å². The lowest BCUT2D eigenvalue weighted by molar-refractivity contribution is 0.544. The Morgan fingerprint density at radius 3 is 2.00 bits per heavy atom. The normalized spacial score (nSPS) is 13.1. The van der Waals surface area contributed by atoms with E-state index in [1.54, 1.807) is 6.08 Å². The van der Waals surface area contributed by atoms with Gasteiger partial charge < -0.3 is 0 Å². The highest BCUT2D eigenvalue weighted by molar-refractivity contribution is 5.10. The van der Waals surface area contributed by atoms with E-state index in [1.807, 2.05) is 18.2 Å². The van der Waals surface area contributed by atoms with Crippen LogP contribution in [0.5, 0.6) is 0 Å². The zero-order chi connectivity index (χ0) is 8.04. The first kappa shape index (κ1) is 9.22. The molecule has 0 aliphatic carbocycles. The van der Waals surface area contributed by atoms with E-state index in [-0.39, 0.29) is 5.41 Å². The Balaban J connectivity index is 3.77. The second kappa shape index (κ2) is 4.10. The number of hydrogen-bond donors (Lipinski definition) is 0. The van der Waals surface area contributed by atoms with E-state index >= 15 is 0 Å². The van der Waals surface area contributed by atoms with Crippen LogP contribution in [0.15, 0.2) is 37.0 Å². The van der Waals surface area contributed by atoms with Crippen molar-refractivity contribution in [2.24, 2.45) is 5.41 Å². The lowest BCUT2D eigenvalue weighted by atomic mass is 9.96. The van der Waals surface area contributed by atoms with Gasteiger partial charge in [0, 0.05) is 0 Å².